The summed E-state index contributed by atoms with van der Waals surface area (Å²) in [6, 6.07) is 5.47. The van der Waals surface area contributed by atoms with Gasteiger partial charge in [0.05, 0.1) is 26.4 Å². The molecule has 1 aromatic carbocycles. The van der Waals surface area contributed by atoms with E-state index in [1.807, 2.05) is 12.1 Å². The van der Waals surface area contributed by atoms with E-state index in [4.69, 9.17) is 18.7 Å². The molecule has 1 fully saturated rings. The summed E-state index contributed by atoms with van der Waals surface area (Å²) in [5, 5.41) is 4.04. The molecule has 0 aliphatic carbocycles. The smallest absolute Gasteiger partial charge is 0.261 e. The van der Waals surface area contributed by atoms with Crippen LogP contribution < -0.4 is 9.47 Å². The Kier molecular flexibility index (Phi) is 3.56. The second-order valence-corrected chi connectivity index (χ2v) is 4.58. The highest BCUT2D eigenvalue weighted by Crippen LogP contribution is 2.33. The van der Waals surface area contributed by atoms with Gasteiger partial charge in [-0.25, -0.2) is 0 Å². The van der Waals surface area contributed by atoms with Crippen molar-refractivity contribution in [2.75, 3.05) is 27.4 Å². The molecule has 1 aliphatic heterocycles. The van der Waals surface area contributed by atoms with Gasteiger partial charge < -0.3 is 18.7 Å². The van der Waals surface area contributed by atoms with Crippen LogP contribution in [-0.2, 0) is 4.74 Å². The van der Waals surface area contributed by atoms with E-state index in [0.29, 0.717) is 24.1 Å². The van der Waals surface area contributed by atoms with Crippen molar-refractivity contribution in [1.82, 2.24) is 10.1 Å². The van der Waals surface area contributed by atoms with Crippen LogP contribution >= 0.6 is 0 Å². The van der Waals surface area contributed by atoms with Crippen molar-refractivity contribution < 1.29 is 18.7 Å². The molecule has 1 aromatic heterocycles. The first-order valence-electron chi connectivity index (χ1n) is 6.45. The van der Waals surface area contributed by atoms with Gasteiger partial charge in [-0.15, -0.1) is 0 Å². The highest BCUT2D eigenvalue weighted by atomic mass is 16.5. The van der Waals surface area contributed by atoms with E-state index in [1.54, 1.807) is 20.3 Å². The molecular weight excluding hydrogens is 260 g/mol. The zero-order valence-electron chi connectivity index (χ0n) is 11.5. The van der Waals surface area contributed by atoms with Crippen LogP contribution in [-0.4, -0.2) is 37.6 Å². The predicted molar refractivity (Wildman–Crippen MR) is 71.0 cm³/mol. The van der Waals surface area contributed by atoms with E-state index >= 15 is 0 Å². The van der Waals surface area contributed by atoms with Crippen LogP contribution in [0.15, 0.2) is 22.7 Å². The Bertz CT molecular complexity index is 591. The Morgan fingerprint density at radius 3 is 2.85 bits per heavy atom. The summed E-state index contributed by atoms with van der Waals surface area (Å²) < 4.78 is 21.2. The van der Waals surface area contributed by atoms with Gasteiger partial charge in [0, 0.05) is 18.6 Å². The largest absolute Gasteiger partial charge is 0.497 e. The third-order valence-corrected chi connectivity index (χ3v) is 3.38. The molecule has 0 spiro atoms. The van der Waals surface area contributed by atoms with E-state index < -0.39 is 0 Å². The molecule has 6 nitrogen and oxygen atoms in total. The fourth-order valence-corrected chi connectivity index (χ4v) is 2.22. The average molecular weight is 276 g/mol. The predicted octanol–water partition coefficient (Wildman–Crippen LogP) is 2.26. The van der Waals surface area contributed by atoms with Gasteiger partial charge in [0.2, 0.25) is 0 Å². The quantitative estimate of drug-likeness (QED) is 0.853. The number of benzene rings is 1. The Morgan fingerprint density at radius 1 is 1.25 bits per heavy atom. The van der Waals surface area contributed by atoms with Crippen molar-refractivity contribution in [2.45, 2.75) is 12.3 Å². The lowest BCUT2D eigenvalue weighted by Crippen LogP contribution is -1.99. The van der Waals surface area contributed by atoms with Crippen molar-refractivity contribution in [3.05, 3.63) is 24.0 Å². The van der Waals surface area contributed by atoms with Crippen molar-refractivity contribution in [2.24, 2.45) is 0 Å². The van der Waals surface area contributed by atoms with E-state index in [9.17, 15) is 0 Å². The third-order valence-electron chi connectivity index (χ3n) is 3.38. The van der Waals surface area contributed by atoms with Gasteiger partial charge >= 0.3 is 0 Å². The first-order valence-corrected chi connectivity index (χ1v) is 6.45. The molecule has 0 radical (unpaired) electrons. The first kappa shape index (κ1) is 12.9. The molecule has 1 aliphatic rings. The number of ether oxygens (including phenoxy) is 3. The van der Waals surface area contributed by atoms with Crippen molar-refractivity contribution in [1.29, 1.82) is 0 Å². The van der Waals surface area contributed by atoms with Gasteiger partial charge in [-0.3, -0.25) is 0 Å². The lowest BCUT2D eigenvalue weighted by atomic mass is 10.1. The minimum atomic E-state index is 0.219. The third kappa shape index (κ3) is 2.34. The SMILES string of the molecule is COc1ccc(-c2nc(C3CCOC3)no2)c(OC)c1. The average Bonchev–Trinajstić information content (AvgIpc) is 3.17. The summed E-state index contributed by atoms with van der Waals surface area (Å²) >= 11 is 0. The maximum Gasteiger partial charge on any atom is 0.261 e. The standard InChI is InChI=1S/C14H16N2O4/c1-17-10-3-4-11(12(7-10)18-2)14-15-13(16-20-14)9-5-6-19-8-9/h3-4,7,9H,5-6,8H2,1-2H3. The fourth-order valence-electron chi connectivity index (χ4n) is 2.22. The second-order valence-electron chi connectivity index (χ2n) is 4.58. The molecule has 2 heterocycles. The van der Waals surface area contributed by atoms with Gasteiger partial charge in [-0.05, 0) is 18.6 Å². The lowest BCUT2D eigenvalue weighted by Gasteiger charge is -2.07. The zero-order chi connectivity index (χ0) is 13.9. The maximum absolute atomic E-state index is 5.34. The van der Waals surface area contributed by atoms with Crippen LogP contribution in [0.3, 0.4) is 0 Å². The molecule has 0 N–H and O–H groups in total. The van der Waals surface area contributed by atoms with Crippen LogP contribution in [0.2, 0.25) is 0 Å². The van der Waals surface area contributed by atoms with Gasteiger partial charge in [0.25, 0.3) is 5.89 Å². The molecule has 1 atom stereocenters. The molecule has 106 valence electrons. The van der Waals surface area contributed by atoms with Crippen LogP contribution in [0.5, 0.6) is 11.5 Å². The number of aromatic nitrogens is 2. The molecule has 3 rings (SSSR count). The molecule has 6 heteroatoms. The van der Waals surface area contributed by atoms with Gasteiger partial charge in [0.1, 0.15) is 11.5 Å². The first-order chi connectivity index (χ1) is 9.81. The number of hydrogen-bond acceptors (Lipinski definition) is 6. The van der Waals surface area contributed by atoms with E-state index in [2.05, 4.69) is 10.1 Å². The minimum absolute atomic E-state index is 0.219. The minimum Gasteiger partial charge on any atom is -0.497 e. The highest BCUT2D eigenvalue weighted by molar-refractivity contribution is 5.64. The molecule has 1 saturated heterocycles. The van der Waals surface area contributed by atoms with Crippen LogP contribution in [0, 0.1) is 0 Å². The van der Waals surface area contributed by atoms with E-state index in [1.165, 1.54) is 0 Å². The molecule has 0 bridgehead atoms. The molecule has 1 unspecified atom stereocenters. The normalized spacial score (nSPS) is 18.2. The molecule has 20 heavy (non-hydrogen) atoms. The molecule has 0 saturated carbocycles. The Balaban J connectivity index is 1.92. The van der Waals surface area contributed by atoms with E-state index in [0.717, 1.165) is 24.3 Å². The second kappa shape index (κ2) is 5.50. The monoisotopic (exact) mass is 276 g/mol. The Morgan fingerprint density at radius 2 is 2.15 bits per heavy atom. The summed E-state index contributed by atoms with van der Waals surface area (Å²) in [6.07, 6.45) is 0.929. The lowest BCUT2D eigenvalue weighted by molar-refractivity contribution is 0.192. The number of nitrogens with zero attached hydrogens (tertiary/aromatic N) is 2. The molecular formula is C14H16N2O4. The Hall–Kier alpha value is -2.08. The molecule has 0 amide bonds. The summed E-state index contributed by atoms with van der Waals surface area (Å²) in [5.41, 5.74) is 0.756. The topological polar surface area (TPSA) is 66.6 Å². The number of rotatable bonds is 4. The fraction of sp³-hybridized carbons (Fsp3) is 0.429. The van der Waals surface area contributed by atoms with Gasteiger partial charge in [0.15, 0.2) is 5.82 Å². The van der Waals surface area contributed by atoms with Crippen molar-refractivity contribution in [3.8, 4) is 23.0 Å². The summed E-state index contributed by atoms with van der Waals surface area (Å²) in [4.78, 5) is 4.45. The van der Waals surface area contributed by atoms with Crippen LogP contribution in [0.1, 0.15) is 18.2 Å². The summed E-state index contributed by atoms with van der Waals surface area (Å²) in [5.74, 6) is 2.72. The highest BCUT2D eigenvalue weighted by Gasteiger charge is 2.24. The van der Waals surface area contributed by atoms with Crippen LogP contribution in [0.4, 0.5) is 0 Å². The van der Waals surface area contributed by atoms with Gasteiger partial charge in [-0.1, -0.05) is 5.16 Å². The number of methoxy groups -OCH3 is 2. The zero-order valence-corrected chi connectivity index (χ0v) is 11.5. The maximum atomic E-state index is 5.34. The van der Waals surface area contributed by atoms with Crippen molar-refractivity contribution >= 4 is 0 Å². The van der Waals surface area contributed by atoms with Crippen LogP contribution in [0.25, 0.3) is 11.5 Å². The molecule has 2 aromatic rings. The van der Waals surface area contributed by atoms with E-state index in [-0.39, 0.29) is 5.92 Å². The summed E-state index contributed by atoms with van der Waals surface area (Å²) in [6.45, 7) is 1.40. The Labute approximate surface area is 116 Å². The van der Waals surface area contributed by atoms with Crippen molar-refractivity contribution in [3.63, 3.8) is 0 Å². The van der Waals surface area contributed by atoms with Gasteiger partial charge in [-0.2, -0.15) is 4.98 Å². The number of hydrogen-bond donors (Lipinski definition) is 0. The summed E-state index contributed by atoms with van der Waals surface area (Å²) in [7, 11) is 3.21.